The molecule has 6 nitrogen and oxygen atoms in total. The Morgan fingerprint density at radius 3 is 2.83 bits per heavy atom. The summed E-state index contributed by atoms with van der Waals surface area (Å²) >= 11 is 0. The smallest absolute Gasteiger partial charge is 0.170 e. The molecular formula is C22H24F2N4O2. The number of aromatic nitrogens is 1. The van der Waals surface area contributed by atoms with Crippen LogP contribution in [0.15, 0.2) is 35.5 Å². The summed E-state index contributed by atoms with van der Waals surface area (Å²) in [5.74, 6) is -0.979. The maximum atomic E-state index is 13.8. The summed E-state index contributed by atoms with van der Waals surface area (Å²) in [7, 11) is 0. The van der Waals surface area contributed by atoms with Crippen molar-refractivity contribution in [1.29, 1.82) is 0 Å². The van der Waals surface area contributed by atoms with E-state index in [0.717, 1.165) is 44.6 Å². The van der Waals surface area contributed by atoms with Crippen molar-refractivity contribution in [3.63, 3.8) is 0 Å². The third kappa shape index (κ3) is 4.88. The highest BCUT2D eigenvalue weighted by molar-refractivity contribution is 6.16. The Morgan fingerprint density at radius 1 is 1.20 bits per heavy atom. The maximum absolute atomic E-state index is 13.8. The Labute approximate surface area is 173 Å². The van der Waals surface area contributed by atoms with Gasteiger partial charge in [-0.3, -0.25) is 14.8 Å². The van der Waals surface area contributed by atoms with Gasteiger partial charge < -0.3 is 15.4 Å². The lowest BCUT2D eigenvalue weighted by molar-refractivity contribution is 0.0998. The van der Waals surface area contributed by atoms with Crippen molar-refractivity contribution in [3.05, 3.63) is 53.4 Å². The van der Waals surface area contributed by atoms with Gasteiger partial charge in [-0.15, -0.1) is 0 Å². The van der Waals surface area contributed by atoms with Crippen LogP contribution in [0.5, 0.6) is 5.75 Å². The summed E-state index contributed by atoms with van der Waals surface area (Å²) in [5.41, 5.74) is 2.29. The second kappa shape index (κ2) is 9.40. The quantitative estimate of drug-likeness (QED) is 0.728. The molecule has 2 aliphatic rings. The van der Waals surface area contributed by atoms with Gasteiger partial charge in [0, 0.05) is 24.4 Å². The number of fused-ring (bicyclic) bond motifs is 1. The van der Waals surface area contributed by atoms with E-state index >= 15 is 0 Å². The molecule has 4 rings (SSSR count). The van der Waals surface area contributed by atoms with Crippen molar-refractivity contribution in [1.82, 2.24) is 15.6 Å². The lowest BCUT2D eigenvalue weighted by Gasteiger charge is -2.23. The molecule has 0 aliphatic carbocycles. The average molecular weight is 414 g/mol. The molecule has 1 fully saturated rings. The fourth-order valence-corrected chi connectivity index (χ4v) is 3.77. The van der Waals surface area contributed by atoms with Crippen molar-refractivity contribution >= 4 is 17.2 Å². The molecule has 0 bridgehead atoms. The van der Waals surface area contributed by atoms with E-state index in [0.29, 0.717) is 35.1 Å². The van der Waals surface area contributed by atoms with Crippen molar-refractivity contribution < 1.29 is 18.3 Å². The minimum Gasteiger partial charge on any atom is -0.485 e. The summed E-state index contributed by atoms with van der Waals surface area (Å²) in [4.78, 5) is 21.6. The third-order valence-electron chi connectivity index (χ3n) is 5.41. The number of carbonyl (C=O) groups is 1. The molecular weight excluding hydrogens is 390 g/mol. The number of hydrogen-bond donors (Lipinski definition) is 2. The first-order chi connectivity index (χ1) is 14.6. The Bertz CT molecular complexity index is 958. The number of benzene rings is 1. The lowest BCUT2D eigenvalue weighted by Crippen LogP contribution is -2.33. The van der Waals surface area contributed by atoms with Gasteiger partial charge in [0.2, 0.25) is 0 Å². The molecule has 2 N–H and O–H groups in total. The fourth-order valence-electron chi connectivity index (χ4n) is 3.77. The number of piperidine rings is 1. The van der Waals surface area contributed by atoms with Gasteiger partial charge in [-0.05, 0) is 56.6 Å². The number of Topliss-reactive ketones (excluding diaryl/α,β-unsaturated/α-hetero) is 1. The molecule has 158 valence electrons. The van der Waals surface area contributed by atoms with E-state index in [1.54, 1.807) is 12.3 Å². The molecule has 0 radical (unpaired) electrons. The first-order valence-corrected chi connectivity index (χ1v) is 10.2. The van der Waals surface area contributed by atoms with Gasteiger partial charge >= 0.3 is 0 Å². The predicted octanol–water partition coefficient (Wildman–Crippen LogP) is 3.19. The van der Waals surface area contributed by atoms with Crippen molar-refractivity contribution in [2.45, 2.75) is 25.8 Å². The van der Waals surface area contributed by atoms with Crippen molar-refractivity contribution in [2.24, 2.45) is 10.9 Å². The molecule has 1 aromatic heterocycles. The van der Waals surface area contributed by atoms with E-state index in [-0.39, 0.29) is 24.6 Å². The second-order valence-corrected chi connectivity index (χ2v) is 7.62. The number of ether oxygens (including phenoxy) is 1. The van der Waals surface area contributed by atoms with Gasteiger partial charge in [0.15, 0.2) is 17.3 Å². The number of hydrogen-bond acceptors (Lipinski definition) is 6. The predicted molar refractivity (Wildman–Crippen MR) is 109 cm³/mol. The molecule has 0 spiro atoms. The molecule has 2 aromatic rings. The standard InChI is InChI=1S/C22H24F2N4O2/c23-15-1-2-21(18(24)9-15)30-13-16-10-20(29)17-5-8-27-19(22(17)28-16)12-26-11-14-3-6-25-7-4-14/h1-2,5,8-9,14,25-26H,3-4,6-7,10-13H2. The number of rotatable bonds is 7. The Morgan fingerprint density at radius 2 is 2.03 bits per heavy atom. The fraction of sp³-hybridized carbons (Fsp3) is 0.409. The Balaban J connectivity index is 1.44. The van der Waals surface area contributed by atoms with Crippen LogP contribution in [0.25, 0.3) is 0 Å². The summed E-state index contributed by atoms with van der Waals surface area (Å²) < 4.78 is 32.3. The van der Waals surface area contributed by atoms with Crippen molar-refractivity contribution in [3.8, 4) is 5.75 Å². The topological polar surface area (TPSA) is 75.6 Å². The highest BCUT2D eigenvalue weighted by atomic mass is 19.1. The molecule has 2 aliphatic heterocycles. The lowest BCUT2D eigenvalue weighted by atomic mass is 9.98. The van der Waals surface area contributed by atoms with Crippen LogP contribution in [0.4, 0.5) is 14.5 Å². The molecule has 0 atom stereocenters. The average Bonchev–Trinajstić information content (AvgIpc) is 2.74. The summed E-state index contributed by atoms with van der Waals surface area (Å²) in [6.45, 7) is 3.45. The summed E-state index contributed by atoms with van der Waals surface area (Å²) in [6.07, 6.45) is 4.02. The SMILES string of the molecule is O=C1CC(COc2ccc(F)cc2F)=Nc2c1ccnc2CNCC1CCNCC1. The Hall–Kier alpha value is -2.71. The molecule has 0 amide bonds. The molecule has 30 heavy (non-hydrogen) atoms. The Kier molecular flexibility index (Phi) is 6.44. The van der Waals surface area contributed by atoms with Gasteiger partial charge in [-0.25, -0.2) is 8.78 Å². The van der Waals surface area contributed by atoms with Crippen LogP contribution >= 0.6 is 0 Å². The zero-order valence-electron chi connectivity index (χ0n) is 16.6. The maximum Gasteiger partial charge on any atom is 0.170 e. The minimum absolute atomic E-state index is 0.0510. The first kappa shape index (κ1) is 20.6. The van der Waals surface area contributed by atoms with Crippen LogP contribution in [-0.2, 0) is 6.54 Å². The van der Waals surface area contributed by atoms with Crippen LogP contribution in [-0.4, -0.2) is 42.7 Å². The molecule has 0 saturated carbocycles. The molecule has 8 heteroatoms. The van der Waals surface area contributed by atoms with Crippen LogP contribution < -0.4 is 15.4 Å². The van der Waals surface area contributed by atoms with Gasteiger partial charge in [-0.1, -0.05) is 0 Å². The van der Waals surface area contributed by atoms with E-state index in [1.807, 2.05) is 0 Å². The van der Waals surface area contributed by atoms with E-state index in [9.17, 15) is 13.6 Å². The van der Waals surface area contributed by atoms with E-state index in [4.69, 9.17) is 4.74 Å². The zero-order valence-corrected chi connectivity index (χ0v) is 16.6. The molecule has 1 saturated heterocycles. The van der Waals surface area contributed by atoms with E-state index < -0.39 is 11.6 Å². The minimum atomic E-state index is -0.789. The molecule has 1 aromatic carbocycles. The molecule has 3 heterocycles. The number of pyridine rings is 1. The van der Waals surface area contributed by atoms with Gasteiger partial charge in [-0.2, -0.15) is 0 Å². The first-order valence-electron chi connectivity index (χ1n) is 10.2. The van der Waals surface area contributed by atoms with Crippen LogP contribution in [0.2, 0.25) is 0 Å². The summed E-state index contributed by atoms with van der Waals surface area (Å²) in [5, 5.41) is 6.79. The highest BCUT2D eigenvalue weighted by Crippen LogP contribution is 2.29. The monoisotopic (exact) mass is 414 g/mol. The van der Waals surface area contributed by atoms with Gasteiger partial charge in [0.05, 0.1) is 23.5 Å². The third-order valence-corrected chi connectivity index (χ3v) is 5.41. The number of ketones is 1. The van der Waals surface area contributed by atoms with E-state index in [2.05, 4.69) is 20.6 Å². The van der Waals surface area contributed by atoms with Crippen LogP contribution in [0.1, 0.15) is 35.3 Å². The number of nitrogens with zero attached hydrogens (tertiary/aromatic N) is 2. The van der Waals surface area contributed by atoms with Gasteiger partial charge in [0.1, 0.15) is 12.4 Å². The number of carbonyl (C=O) groups excluding carboxylic acids is 1. The number of nitrogens with one attached hydrogen (secondary N) is 2. The second-order valence-electron chi connectivity index (χ2n) is 7.62. The summed E-state index contributed by atoms with van der Waals surface area (Å²) in [6, 6.07) is 4.78. The highest BCUT2D eigenvalue weighted by Gasteiger charge is 2.23. The number of halogens is 2. The van der Waals surface area contributed by atoms with Crippen LogP contribution in [0, 0.1) is 17.6 Å². The largest absolute Gasteiger partial charge is 0.485 e. The molecule has 0 unspecified atom stereocenters. The zero-order chi connectivity index (χ0) is 20.9. The normalized spacial score (nSPS) is 16.9. The van der Waals surface area contributed by atoms with E-state index in [1.165, 1.54) is 6.07 Å². The van der Waals surface area contributed by atoms with Crippen molar-refractivity contribution in [2.75, 3.05) is 26.2 Å². The van der Waals surface area contributed by atoms with Gasteiger partial charge in [0.25, 0.3) is 0 Å². The number of aliphatic imine (C=N–C) groups is 1. The van der Waals surface area contributed by atoms with Crippen LogP contribution in [0.3, 0.4) is 0 Å².